The number of halogens is 3. The minimum absolute atomic E-state index is 0.0619. The Labute approximate surface area is 156 Å². The lowest BCUT2D eigenvalue weighted by atomic mass is 10.1. The third-order valence-corrected chi connectivity index (χ3v) is 4.60. The van der Waals surface area contributed by atoms with E-state index in [1.807, 2.05) is 0 Å². The van der Waals surface area contributed by atoms with Crippen molar-refractivity contribution in [3.05, 3.63) is 62.4 Å². The maximum Gasteiger partial charge on any atom is 0.341 e. The number of nitrogens with one attached hydrogen (secondary N) is 1. The second kappa shape index (κ2) is 6.55. The molecule has 0 radical (unpaired) electrons. The molecule has 6 nitrogen and oxygen atoms in total. The van der Waals surface area contributed by atoms with Gasteiger partial charge in [-0.25, -0.2) is 13.6 Å². The Morgan fingerprint density at radius 3 is 2.52 bits per heavy atom. The molecule has 0 bridgehead atoms. The van der Waals surface area contributed by atoms with E-state index in [1.165, 1.54) is 23.7 Å². The number of carbonyl (C=O) groups is 1. The normalized spacial score (nSPS) is 11.0. The lowest BCUT2D eigenvalue weighted by Crippen LogP contribution is -2.19. The van der Waals surface area contributed by atoms with Gasteiger partial charge in [0.15, 0.2) is 0 Å². The van der Waals surface area contributed by atoms with Crippen LogP contribution in [0.4, 0.5) is 20.2 Å². The first-order valence-electron chi connectivity index (χ1n) is 7.71. The molecule has 0 amide bonds. The summed E-state index contributed by atoms with van der Waals surface area (Å²) in [5.41, 5.74) is 4.73. The van der Waals surface area contributed by atoms with Gasteiger partial charge in [0.2, 0.25) is 5.43 Å². The number of aryl methyl sites for hydroxylation is 1. The predicted octanol–water partition coefficient (Wildman–Crippen LogP) is 3.55. The second-order valence-corrected chi connectivity index (χ2v) is 6.28. The van der Waals surface area contributed by atoms with Crippen LogP contribution in [-0.4, -0.2) is 22.7 Å². The monoisotopic (exact) mass is 393 g/mol. The number of hydrogen-bond acceptors (Lipinski definition) is 4. The molecule has 0 aliphatic rings. The summed E-state index contributed by atoms with van der Waals surface area (Å²) in [7, 11) is 1.45. The first-order valence-corrected chi connectivity index (χ1v) is 8.09. The Morgan fingerprint density at radius 2 is 1.93 bits per heavy atom. The molecule has 9 heteroatoms. The fourth-order valence-corrected chi connectivity index (χ4v) is 3.30. The molecule has 0 aliphatic heterocycles. The number of nitrogens with zero attached hydrogens (tertiary/aromatic N) is 1. The number of benzene rings is 2. The van der Waals surface area contributed by atoms with Crippen LogP contribution in [0.15, 0.2) is 29.2 Å². The highest BCUT2D eigenvalue weighted by molar-refractivity contribution is 6.38. The molecular formula is C18H14ClF2N3O3. The van der Waals surface area contributed by atoms with Gasteiger partial charge in [0.25, 0.3) is 0 Å². The van der Waals surface area contributed by atoms with Crippen LogP contribution < -0.4 is 16.5 Å². The molecule has 0 atom stereocenters. The number of nitrogens with two attached hydrogens (primary N) is 1. The van der Waals surface area contributed by atoms with Crippen molar-refractivity contribution in [3.8, 4) is 5.69 Å². The molecule has 0 unspecified atom stereocenters. The highest BCUT2D eigenvalue weighted by Gasteiger charge is 2.22. The summed E-state index contributed by atoms with van der Waals surface area (Å²) in [4.78, 5) is 24.0. The Balaban J connectivity index is 2.59. The van der Waals surface area contributed by atoms with Gasteiger partial charge in [-0.3, -0.25) is 4.79 Å². The molecule has 0 spiro atoms. The molecule has 4 N–H and O–H groups in total. The Kier molecular flexibility index (Phi) is 4.52. The van der Waals surface area contributed by atoms with Crippen molar-refractivity contribution in [1.29, 1.82) is 0 Å². The number of aromatic carboxylic acids is 1. The Hall–Kier alpha value is -3.13. The lowest BCUT2D eigenvalue weighted by Gasteiger charge is -2.18. The smallest absolute Gasteiger partial charge is 0.341 e. The summed E-state index contributed by atoms with van der Waals surface area (Å²) < 4.78 is 29.4. The Morgan fingerprint density at radius 1 is 1.26 bits per heavy atom. The summed E-state index contributed by atoms with van der Waals surface area (Å²) in [5, 5.41) is 11.6. The number of aromatic nitrogens is 1. The van der Waals surface area contributed by atoms with E-state index in [4.69, 9.17) is 17.3 Å². The van der Waals surface area contributed by atoms with Gasteiger partial charge in [-0.1, -0.05) is 11.6 Å². The van der Waals surface area contributed by atoms with Crippen LogP contribution >= 0.6 is 11.6 Å². The van der Waals surface area contributed by atoms with Crippen LogP contribution in [-0.2, 0) is 0 Å². The molecular weight excluding hydrogens is 380 g/mol. The van der Waals surface area contributed by atoms with E-state index in [0.29, 0.717) is 11.3 Å². The van der Waals surface area contributed by atoms with E-state index in [1.54, 1.807) is 6.92 Å². The second-order valence-electron chi connectivity index (χ2n) is 5.90. The summed E-state index contributed by atoms with van der Waals surface area (Å²) in [5.74, 6) is -2.94. The molecule has 0 aliphatic carbocycles. The predicted molar refractivity (Wildman–Crippen MR) is 100 cm³/mol. The van der Waals surface area contributed by atoms with Crippen molar-refractivity contribution in [3.63, 3.8) is 0 Å². The van der Waals surface area contributed by atoms with E-state index in [2.05, 4.69) is 5.32 Å². The van der Waals surface area contributed by atoms with Crippen molar-refractivity contribution in [2.75, 3.05) is 18.1 Å². The van der Waals surface area contributed by atoms with E-state index < -0.39 is 28.6 Å². The quantitative estimate of drug-likeness (QED) is 0.591. The van der Waals surface area contributed by atoms with E-state index in [0.717, 1.165) is 12.3 Å². The van der Waals surface area contributed by atoms with Gasteiger partial charge in [0.1, 0.15) is 17.2 Å². The molecule has 0 fully saturated rings. The van der Waals surface area contributed by atoms with Crippen molar-refractivity contribution >= 4 is 39.8 Å². The largest absolute Gasteiger partial charge is 0.477 e. The molecule has 3 rings (SSSR count). The fourth-order valence-electron chi connectivity index (χ4n) is 2.92. The zero-order valence-electron chi connectivity index (χ0n) is 14.2. The van der Waals surface area contributed by atoms with Crippen LogP contribution in [0.25, 0.3) is 16.6 Å². The van der Waals surface area contributed by atoms with E-state index in [-0.39, 0.29) is 27.3 Å². The van der Waals surface area contributed by atoms with Crippen molar-refractivity contribution in [1.82, 2.24) is 4.57 Å². The van der Waals surface area contributed by atoms with Gasteiger partial charge in [-0.05, 0) is 30.7 Å². The van der Waals surface area contributed by atoms with E-state index >= 15 is 0 Å². The number of carboxylic acid groups (broad SMARTS) is 1. The van der Waals surface area contributed by atoms with Crippen molar-refractivity contribution in [2.45, 2.75) is 6.92 Å². The third-order valence-electron chi connectivity index (χ3n) is 4.24. The molecule has 0 saturated heterocycles. The molecule has 3 aromatic rings. The van der Waals surface area contributed by atoms with Gasteiger partial charge in [0, 0.05) is 13.2 Å². The van der Waals surface area contributed by atoms with Crippen molar-refractivity contribution in [2.24, 2.45) is 0 Å². The minimum atomic E-state index is -1.49. The van der Waals surface area contributed by atoms with Gasteiger partial charge in [-0.2, -0.15) is 0 Å². The molecule has 140 valence electrons. The topological polar surface area (TPSA) is 97.4 Å². The average molecular weight is 394 g/mol. The highest BCUT2D eigenvalue weighted by Crippen LogP contribution is 2.35. The van der Waals surface area contributed by atoms with Gasteiger partial charge in [-0.15, -0.1) is 0 Å². The summed E-state index contributed by atoms with van der Waals surface area (Å²) in [6.07, 6.45) is 1.07. The fraction of sp³-hybridized carbons (Fsp3) is 0.111. The molecule has 27 heavy (non-hydrogen) atoms. The third kappa shape index (κ3) is 2.87. The molecule has 0 saturated carbocycles. The highest BCUT2D eigenvalue weighted by atomic mass is 35.5. The Bertz CT molecular complexity index is 1180. The number of pyridine rings is 1. The number of rotatable bonds is 3. The van der Waals surface area contributed by atoms with Crippen molar-refractivity contribution < 1.29 is 18.7 Å². The molecule has 1 heterocycles. The van der Waals surface area contributed by atoms with Gasteiger partial charge in [0.05, 0.1) is 33.0 Å². The summed E-state index contributed by atoms with van der Waals surface area (Å²) in [6.45, 7) is 1.58. The standard InChI is InChI=1S/C18H14ClF2N3O3/c1-7-3-10(20)12(22)5-13(7)24-6-9(18(26)27)17(25)8-4-11(21)15(23-2)14(19)16(8)24/h3-6,23H,22H2,1-2H3,(H,26,27). The average Bonchev–Trinajstić information content (AvgIpc) is 2.59. The molecule has 2 aromatic carbocycles. The minimum Gasteiger partial charge on any atom is -0.477 e. The number of carboxylic acids is 1. The first kappa shape index (κ1) is 18.7. The molecule has 1 aromatic heterocycles. The first-order chi connectivity index (χ1) is 12.7. The van der Waals surface area contributed by atoms with Crippen LogP contribution in [0.1, 0.15) is 15.9 Å². The lowest BCUT2D eigenvalue weighted by molar-refractivity contribution is 0.0695. The van der Waals surface area contributed by atoms with Gasteiger partial charge < -0.3 is 20.7 Å². The maximum absolute atomic E-state index is 14.3. The zero-order valence-corrected chi connectivity index (χ0v) is 15.0. The number of anilines is 2. The van der Waals surface area contributed by atoms with Crippen LogP contribution in [0.5, 0.6) is 0 Å². The van der Waals surface area contributed by atoms with Crippen LogP contribution in [0.2, 0.25) is 5.02 Å². The number of nitrogen functional groups attached to an aromatic ring is 1. The van der Waals surface area contributed by atoms with Crippen LogP contribution in [0, 0.1) is 18.6 Å². The van der Waals surface area contributed by atoms with Crippen LogP contribution in [0.3, 0.4) is 0 Å². The summed E-state index contributed by atoms with van der Waals surface area (Å²) >= 11 is 6.31. The summed E-state index contributed by atoms with van der Waals surface area (Å²) in [6, 6.07) is 3.38. The maximum atomic E-state index is 14.3. The SMILES string of the molecule is CNc1c(F)cc2c(=O)c(C(=O)O)cn(-c3cc(N)c(F)cc3C)c2c1Cl. The van der Waals surface area contributed by atoms with Gasteiger partial charge >= 0.3 is 5.97 Å². The number of fused-ring (bicyclic) bond motifs is 1. The van der Waals surface area contributed by atoms with E-state index in [9.17, 15) is 23.5 Å². The zero-order chi connectivity index (χ0) is 20.0. The number of hydrogen-bond donors (Lipinski definition) is 3.